The van der Waals surface area contributed by atoms with Gasteiger partial charge in [0.15, 0.2) is 9.84 Å². The van der Waals surface area contributed by atoms with Gasteiger partial charge in [0, 0.05) is 11.8 Å². The highest BCUT2D eigenvalue weighted by atomic mass is 32.2. The summed E-state index contributed by atoms with van der Waals surface area (Å²) in [6, 6.07) is 9.59. The number of sulfone groups is 1. The predicted molar refractivity (Wildman–Crippen MR) is 93.4 cm³/mol. The Morgan fingerprint density at radius 3 is 2.26 bits per heavy atom. The molecule has 0 aliphatic carbocycles. The van der Waals surface area contributed by atoms with E-state index in [1.165, 1.54) is 42.5 Å². The van der Waals surface area contributed by atoms with Crippen LogP contribution >= 0.6 is 0 Å². The van der Waals surface area contributed by atoms with Crippen molar-refractivity contribution < 1.29 is 31.1 Å². The van der Waals surface area contributed by atoms with Gasteiger partial charge in [-0.2, -0.15) is 13.2 Å². The Kier molecular flexibility index (Phi) is 6.15. The number of amides is 1. The molecule has 0 saturated carbocycles. The van der Waals surface area contributed by atoms with Crippen molar-refractivity contribution >= 4 is 15.7 Å². The first-order valence-electron chi connectivity index (χ1n) is 7.88. The molecule has 1 unspecified atom stereocenters. The molecule has 0 aliphatic rings. The Labute approximate surface area is 155 Å². The van der Waals surface area contributed by atoms with E-state index in [1.807, 2.05) is 0 Å². The molecule has 1 amide bonds. The average molecular weight is 401 g/mol. The minimum atomic E-state index is -4.54. The van der Waals surface area contributed by atoms with Crippen molar-refractivity contribution in [2.75, 3.05) is 12.9 Å². The highest BCUT2D eigenvalue weighted by Gasteiger charge is 2.34. The van der Waals surface area contributed by atoms with Gasteiger partial charge >= 0.3 is 6.18 Å². The second kappa shape index (κ2) is 7.99. The molecule has 0 saturated heterocycles. The SMILES string of the molecule is CC(COc1ccccc1C(F)(F)F)NC(=O)c1ccc(S(C)(=O)=O)cc1. The molecule has 0 fully saturated rings. The monoisotopic (exact) mass is 401 g/mol. The third-order valence-corrected chi connectivity index (χ3v) is 4.73. The van der Waals surface area contributed by atoms with Crippen molar-refractivity contribution in [2.45, 2.75) is 24.0 Å². The fraction of sp³-hybridized carbons (Fsp3) is 0.278. The smallest absolute Gasteiger partial charge is 0.419 e. The number of carbonyl (C=O) groups excluding carboxylic acids is 1. The van der Waals surface area contributed by atoms with Crippen molar-refractivity contribution in [1.82, 2.24) is 5.32 Å². The number of ether oxygens (including phenoxy) is 1. The minimum Gasteiger partial charge on any atom is -0.491 e. The normalized spacial score (nSPS) is 13.1. The van der Waals surface area contributed by atoms with E-state index in [1.54, 1.807) is 6.92 Å². The number of halogens is 3. The maximum Gasteiger partial charge on any atom is 0.419 e. The van der Waals surface area contributed by atoms with Gasteiger partial charge in [0.2, 0.25) is 0 Å². The maximum atomic E-state index is 12.9. The van der Waals surface area contributed by atoms with Crippen LogP contribution in [0.25, 0.3) is 0 Å². The van der Waals surface area contributed by atoms with E-state index in [0.717, 1.165) is 12.3 Å². The summed E-state index contributed by atoms with van der Waals surface area (Å²) in [5.74, 6) is -0.807. The molecular formula is C18H18F3NO4S. The Balaban J connectivity index is 1.98. The Bertz CT molecular complexity index is 909. The number of para-hydroxylation sites is 1. The topological polar surface area (TPSA) is 72.5 Å². The second-order valence-corrected chi connectivity index (χ2v) is 7.99. The lowest BCUT2D eigenvalue weighted by Crippen LogP contribution is -2.37. The molecule has 0 heterocycles. The van der Waals surface area contributed by atoms with Crippen molar-refractivity contribution in [3.63, 3.8) is 0 Å². The fourth-order valence-corrected chi connectivity index (χ4v) is 2.87. The molecule has 2 rings (SSSR count). The lowest BCUT2D eigenvalue weighted by molar-refractivity contribution is -0.139. The molecule has 0 radical (unpaired) electrons. The van der Waals surface area contributed by atoms with E-state index in [4.69, 9.17) is 4.74 Å². The van der Waals surface area contributed by atoms with Crippen LogP contribution in [0.1, 0.15) is 22.8 Å². The van der Waals surface area contributed by atoms with Crippen LogP contribution in [0, 0.1) is 0 Å². The number of carbonyl (C=O) groups is 1. The number of hydrogen-bond donors (Lipinski definition) is 1. The summed E-state index contributed by atoms with van der Waals surface area (Å²) in [5.41, 5.74) is -0.662. The molecule has 1 N–H and O–H groups in total. The van der Waals surface area contributed by atoms with E-state index in [9.17, 15) is 26.4 Å². The molecule has 9 heteroatoms. The molecule has 0 bridgehead atoms. The molecule has 0 aliphatic heterocycles. The zero-order chi connectivity index (χ0) is 20.2. The van der Waals surface area contributed by atoms with Gasteiger partial charge in [0.25, 0.3) is 5.91 Å². The summed E-state index contributed by atoms with van der Waals surface area (Å²) in [4.78, 5) is 12.2. The number of hydrogen-bond acceptors (Lipinski definition) is 4. The summed E-state index contributed by atoms with van der Waals surface area (Å²) in [6.07, 6.45) is -3.48. The minimum absolute atomic E-state index is 0.0826. The summed E-state index contributed by atoms with van der Waals surface area (Å²) < 4.78 is 66.8. The first-order chi connectivity index (χ1) is 12.5. The number of benzene rings is 2. The zero-order valence-corrected chi connectivity index (χ0v) is 15.4. The van der Waals surface area contributed by atoms with Crippen LogP contribution in [-0.4, -0.2) is 33.2 Å². The summed E-state index contributed by atoms with van der Waals surface area (Å²) in [7, 11) is -3.37. The Hall–Kier alpha value is -2.55. The third-order valence-electron chi connectivity index (χ3n) is 3.60. The van der Waals surface area contributed by atoms with E-state index in [2.05, 4.69) is 5.32 Å². The molecule has 0 aromatic heterocycles. The first kappa shape index (κ1) is 20.8. The summed E-state index contributed by atoms with van der Waals surface area (Å²) >= 11 is 0. The van der Waals surface area contributed by atoms with Gasteiger partial charge in [-0.05, 0) is 43.3 Å². The van der Waals surface area contributed by atoms with Gasteiger partial charge in [0.1, 0.15) is 12.4 Å². The van der Waals surface area contributed by atoms with Gasteiger partial charge < -0.3 is 10.1 Å². The van der Waals surface area contributed by atoms with E-state index < -0.39 is 33.5 Å². The molecule has 2 aromatic carbocycles. The summed E-state index contributed by atoms with van der Waals surface area (Å²) in [5, 5.41) is 2.59. The molecule has 2 aromatic rings. The van der Waals surface area contributed by atoms with E-state index in [0.29, 0.717) is 0 Å². The number of nitrogens with one attached hydrogen (secondary N) is 1. The summed E-state index contributed by atoms with van der Waals surface area (Å²) in [6.45, 7) is 1.42. The molecular weight excluding hydrogens is 383 g/mol. The zero-order valence-electron chi connectivity index (χ0n) is 14.6. The van der Waals surface area contributed by atoms with Crippen LogP contribution in [0.3, 0.4) is 0 Å². The van der Waals surface area contributed by atoms with Crippen molar-refractivity contribution in [3.05, 3.63) is 59.7 Å². The lowest BCUT2D eigenvalue weighted by Gasteiger charge is -2.18. The van der Waals surface area contributed by atoms with Crippen LogP contribution in [0.2, 0.25) is 0 Å². The van der Waals surface area contributed by atoms with Crippen LogP contribution in [0.4, 0.5) is 13.2 Å². The first-order valence-corrected chi connectivity index (χ1v) is 9.77. The van der Waals surface area contributed by atoms with Gasteiger partial charge in [-0.25, -0.2) is 8.42 Å². The van der Waals surface area contributed by atoms with E-state index >= 15 is 0 Å². The largest absolute Gasteiger partial charge is 0.491 e. The predicted octanol–water partition coefficient (Wildman–Crippen LogP) is 3.31. The van der Waals surface area contributed by atoms with Gasteiger partial charge in [-0.3, -0.25) is 4.79 Å². The Morgan fingerprint density at radius 2 is 1.70 bits per heavy atom. The van der Waals surface area contributed by atoms with Crippen molar-refractivity contribution in [1.29, 1.82) is 0 Å². The standard InChI is InChI=1S/C18H18F3NO4S/c1-12(11-26-16-6-4-3-5-15(16)18(19,20)21)22-17(23)13-7-9-14(10-8-13)27(2,24)25/h3-10,12H,11H2,1-2H3,(H,22,23). The molecule has 27 heavy (non-hydrogen) atoms. The third kappa shape index (κ3) is 5.72. The Morgan fingerprint density at radius 1 is 1.11 bits per heavy atom. The molecule has 5 nitrogen and oxygen atoms in total. The van der Waals surface area contributed by atoms with Crippen molar-refractivity contribution in [3.8, 4) is 5.75 Å². The highest BCUT2D eigenvalue weighted by molar-refractivity contribution is 7.90. The van der Waals surface area contributed by atoms with Crippen molar-refractivity contribution in [2.24, 2.45) is 0 Å². The highest BCUT2D eigenvalue weighted by Crippen LogP contribution is 2.35. The van der Waals surface area contributed by atoms with Crippen LogP contribution in [-0.2, 0) is 16.0 Å². The average Bonchev–Trinajstić information content (AvgIpc) is 2.58. The maximum absolute atomic E-state index is 12.9. The number of alkyl halides is 3. The van der Waals surface area contributed by atoms with Gasteiger partial charge in [-0.1, -0.05) is 12.1 Å². The van der Waals surface area contributed by atoms with Crippen LogP contribution < -0.4 is 10.1 Å². The molecule has 1 atom stereocenters. The van der Waals surface area contributed by atoms with Crippen LogP contribution in [0.15, 0.2) is 53.4 Å². The quantitative estimate of drug-likeness (QED) is 0.806. The lowest BCUT2D eigenvalue weighted by atomic mass is 10.2. The second-order valence-electron chi connectivity index (χ2n) is 5.98. The molecule has 0 spiro atoms. The van der Waals surface area contributed by atoms with Crippen LogP contribution in [0.5, 0.6) is 5.75 Å². The van der Waals surface area contributed by atoms with E-state index in [-0.39, 0.29) is 22.8 Å². The molecule has 146 valence electrons. The van der Waals surface area contributed by atoms with Gasteiger partial charge in [-0.15, -0.1) is 0 Å². The van der Waals surface area contributed by atoms with Gasteiger partial charge in [0.05, 0.1) is 16.5 Å². The number of rotatable bonds is 6. The fourth-order valence-electron chi connectivity index (χ4n) is 2.24.